The summed E-state index contributed by atoms with van der Waals surface area (Å²) in [4.78, 5) is 6.73. The Labute approximate surface area is 193 Å². The standard InChI is InChI=1S/C25H29ClFN5/c26-18-8-11-20-22(13-18)29-14-23-31(25(20)17-3-1-4-17)15-30-32(23)19-9-6-16(7-10-19)24-21(27)5-2-12-28-24/h2,5,12-17,19,25,29H,1,3-4,6-11H2. The minimum atomic E-state index is -0.177. The molecular weight excluding hydrogens is 425 g/mol. The first-order valence-corrected chi connectivity index (χ1v) is 12.3. The number of allylic oxidation sites excluding steroid dienone is 2. The minimum absolute atomic E-state index is 0.177. The molecule has 7 heteroatoms. The molecule has 0 saturated heterocycles. The maximum absolute atomic E-state index is 14.2. The van der Waals surface area contributed by atoms with Gasteiger partial charge in [0.1, 0.15) is 18.0 Å². The molecule has 3 heterocycles. The Balaban J connectivity index is 1.22. The summed E-state index contributed by atoms with van der Waals surface area (Å²) in [6.45, 7) is 0. The summed E-state index contributed by atoms with van der Waals surface area (Å²) in [6.07, 6.45) is 17.6. The van der Waals surface area contributed by atoms with E-state index in [1.807, 2.05) is 6.34 Å². The van der Waals surface area contributed by atoms with Gasteiger partial charge in [0, 0.05) is 29.0 Å². The van der Waals surface area contributed by atoms with E-state index in [4.69, 9.17) is 16.7 Å². The van der Waals surface area contributed by atoms with Crippen LogP contribution in [-0.4, -0.2) is 33.3 Å². The fourth-order valence-electron chi connectivity index (χ4n) is 6.01. The lowest BCUT2D eigenvalue weighted by Crippen LogP contribution is -2.44. The number of aromatic nitrogens is 1. The van der Waals surface area contributed by atoms with Crippen LogP contribution in [0, 0.1) is 11.7 Å². The quantitative estimate of drug-likeness (QED) is 0.651. The lowest BCUT2D eigenvalue weighted by Gasteiger charge is -2.42. The smallest absolute Gasteiger partial charge is 0.147 e. The Morgan fingerprint density at radius 3 is 2.69 bits per heavy atom. The van der Waals surface area contributed by atoms with Gasteiger partial charge in [0.25, 0.3) is 0 Å². The third-order valence-electron chi connectivity index (χ3n) is 7.91. The SMILES string of the molecule is Fc1cccnc1C1CCC(N2N=CN3C2=CNC2=C(CCC(Cl)=C2)C3C2CCC2)CC1. The molecule has 1 unspecified atom stereocenters. The van der Waals surface area contributed by atoms with E-state index in [0.29, 0.717) is 23.7 Å². The highest BCUT2D eigenvalue weighted by Crippen LogP contribution is 2.44. The second-order valence-corrected chi connectivity index (χ2v) is 10.2. The van der Waals surface area contributed by atoms with Crippen LogP contribution in [0.3, 0.4) is 0 Å². The van der Waals surface area contributed by atoms with Gasteiger partial charge in [-0.05, 0) is 81.1 Å². The number of nitrogens with zero attached hydrogens (tertiary/aromatic N) is 4. The highest BCUT2D eigenvalue weighted by atomic mass is 35.5. The number of fused-ring (bicyclic) bond motifs is 1. The van der Waals surface area contributed by atoms with E-state index in [9.17, 15) is 4.39 Å². The molecule has 0 amide bonds. The molecule has 1 N–H and O–H groups in total. The molecule has 5 aliphatic rings. The van der Waals surface area contributed by atoms with Crippen LogP contribution in [-0.2, 0) is 0 Å². The van der Waals surface area contributed by atoms with Crippen LogP contribution in [0.1, 0.15) is 69.4 Å². The fourth-order valence-corrected chi connectivity index (χ4v) is 6.21. The van der Waals surface area contributed by atoms with Crippen molar-refractivity contribution in [2.45, 2.75) is 75.8 Å². The van der Waals surface area contributed by atoms with Crippen molar-refractivity contribution in [3.63, 3.8) is 0 Å². The molecule has 2 saturated carbocycles. The van der Waals surface area contributed by atoms with Crippen molar-refractivity contribution in [1.82, 2.24) is 20.2 Å². The summed E-state index contributed by atoms with van der Waals surface area (Å²) in [7, 11) is 0. The van der Waals surface area contributed by atoms with Gasteiger partial charge < -0.3 is 10.2 Å². The molecule has 6 rings (SSSR count). The summed E-state index contributed by atoms with van der Waals surface area (Å²) in [5.74, 6) is 1.82. The zero-order valence-electron chi connectivity index (χ0n) is 18.2. The van der Waals surface area contributed by atoms with E-state index >= 15 is 0 Å². The molecule has 0 bridgehead atoms. The zero-order valence-corrected chi connectivity index (χ0v) is 18.9. The number of rotatable bonds is 3. The Hall–Kier alpha value is -2.34. The highest BCUT2D eigenvalue weighted by Gasteiger charge is 2.42. The molecule has 0 aromatic carbocycles. The van der Waals surface area contributed by atoms with Crippen molar-refractivity contribution in [3.8, 4) is 0 Å². The zero-order chi connectivity index (χ0) is 21.7. The van der Waals surface area contributed by atoms with Crippen LogP contribution in [0.2, 0.25) is 0 Å². The van der Waals surface area contributed by atoms with Gasteiger partial charge in [0.2, 0.25) is 0 Å². The molecule has 2 fully saturated rings. The molecule has 2 aliphatic heterocycles. The lowest BCUT2D eigenvalue weighted by molar-refractivity contribution is 0.146. The number of hydrazone groups is 1. The third kappa shape index (κ3) is 3.43. The van der Waals surface area contributed by atoms with Gasteiger partial charge in [0.05, 0.1) is 17.8 Å². The molecule has 1 aromatic heterocycles. The van der Waals surface area contributed by atoms with Crippen molar-refractivity contribution in [2.24, 2.45) is 11.0 Å². The number of nitrogens with one attached hydrogen (secondary N) is 1. The first-order chi connectivity index (χ1) is 15.7. The first-order valence-electron chi connectivity index (χ1n) is 12.0. The van der Waals surface area contributed by atoms with Gasteiger partial charge in [-0.1, -0.05) is 18.0 Å². The largest absolute Gasteiger partial charge is 0.358 e. The molecule has 0 radical (unpaired) electrons. The van der Waals surface area contributed by atoms with E-state index in [0.717, 1.165) is 49.4 Å². The second kappa shape index (κ2) is 8.22. The Kier molecular flexibility index (Phi) is 5.21. The topological polar surface area (TPSA) is 43.8 Å². The molecule has 32 heavy (non-hydrogen) atoms. The summed E-state index contributed by atoms with van der Waals surface area (Å²) < 4.78 is 14.2. The maximum Gasteiger partial charge on any atom is 0.147 e. The second-order valence-electron chi connectivity index (χ2n) is 9.67. The Morgan fingerprint density at radius 1 is 1.09 bits per heavy atom. The summed E-state index contributed by atoms with van der Waals surface area (Å²) in [5, 5.41) is 11.6. The van der Waals surface area contributed by atoms with Gasteiger partial charge in [-0.25, -0.2) is 9.40 Å². The summed E-state index contributed by atoms with van der Waals surface area (Å²) in [6, 6.07) is 3.87. The fraction of sp³-hybridized carbons (Fsp3) is 0.520. The van der Waals surface area contributed by atoms with Crippen molar-refractivity contribution in [3.05, 3.63) is 64.2 Å². The Morgan fingerprint density at radius 2 is 1.94 bits per heavy atom. The lowest BCUT2D eigenvalue weighted by atomic mass is 9.74. The molecular formula is C25H29ClFN5. The summed E-state index contributed by atoms with van der Waals surface area (Å²) >= 11 is 6.40. The van der Waals surface area contributed by atoms with Gasteiger partial charge in [-0.3, -0.25) is 4.98 Å². The maximum atomic E-state index is 14.2. The van der Waals surface area contributed by atoms with Crippen molar-refractivity contribution in [1.29, 1.82) is 0 Å². The highest BCUT2D eigenvalue weighted by molar-refractivity contribution is 6.29. The van der Waals surface area contributed by atoms with E-state index in [1.165, 1.54) is 36.6 Å². The predicted octanol–water partition coefficient (Wildman–Crippen LogP) is 5.55. The van der Waals surface area contributed by atoms with Gasteiger partial charge in [0.15, 0.2) is 0 Å². The molecule has 1 aromatic rings. The van der Waals surface area contributed by atoms with Crippen LogP contribution in [0.15, 0.2) is 57.8 Å². The third-order valence-corrected chi connectivity index (χ3v) is 8.20. The molecule has 5 nitrogen and oxygen atoms in total. The number of hydrogen-bond donors (Lipinski definition) is 1. The van der Waals surface area contributed by atoms with E-state index < -0.39 is 0 Å². The normalized spacial score (nSPS) is 30.1. The molecule has 1 atom stereocenters. The van der Waals surface area contributed by atoms with Gasteiger partial charge >= 0.3 is 0 Å². The van der Waals surface area contributed by atoms with Crippen molar-refractivity contribution in [2.75, 3.05) is 0 Å². The van der Waals surface area contributed by atoms with Gasteiger partial charge in [-0.15, -0.1) is 0 Å². The molecule has 3 aliphatic carbocycles. The predicted molar refractivity (Wildman–Crippen MR) is 124 cm³/mol. The van der Waals surface area contributed by atoms with E-state index in [-0.39, 0.29) is 11.7 Å². The summed E-state index contributed by atoms with van der Waals surface area (Å²) in [5.41, 5.74) is 3.26. The average Bonchev–Trinajstić information content (AvgIpc) is 3.12. The van der Waals surface area contributed by atoms with Gasteiger partial charge in [-0.2, -0.15) is 5.10 Å². The Bertz CT molecular complexity index is 1020. The minimum Gasteiger partial charge on any atom is -0.358 e. The van der Waals surface area contributed by atoms with Crippen LogP contribution in [0.25, 0.3) is 0 Å². The number of pyridine rings is 1. The molecule has 168 valence electrons. The first kappa shape index (κ1) is 20.3. The van der Waals surface area contributed by atoms with Crippen LogP contribution in [0.5, 0.6) is 0 Å². The van der Waals surface area contributed by atoms with E-state index in [2.05, 4.69) is 32.5 Å². The van der Waals surface area contributed by atoms with Crippen molar-refractivity contribution < 1.29 is 4.39 Å². The van der Waals surface area contributed by atoms with Crippen molar-refractivity contribution >= 4 is 17.9 Å². The van der Waals surface area contributed by atoms with E-state index in [1.54, 1.807) is 12.3 Å². The molecule has 0 spiro atoms. The average molecular weight is 454 g/mol. The monoisotopic (exact) mass is 453 g/mol. The number of halogens is 2. The van der Waals surface area contributed by atoms with Crippen LogP contribution in [0.4, 0.5) is 4.39 Å². The number of hydrogen-bond acceptors (Lipinski definition) is 5. The van der Waals surface area contributed by atoms with Crippen LogP contribution < -0.4 is 5.32 Å². The van der Waals surface area contributed by atoms with Crippen LogP contribution >= 0.6 is 11.6 Å².